The number of rotatable bonds is 12. The average molecular weight is 411 g/mol. The smallest absolute Gasteiger partial charge is 0.224 e. The molecule has 0 aromatic heterocycles. The van der Waals surface area contributed by atoms with Crippen LogP contribution in [0.3, 0.4) is 0 Å². The van der Waals surface area contributed by atoms with Gasteiger partial charge in [0.05, 0.1) is 19.1 Å². The standard InChI is InChI=1S/C25H34N2O3/c1-4-9-19(3)18-30-22-14-12-21(13-15-22)23(17-26-24(28)5-2)27-25(29)16-20-10-7-6-8-11-20/h6-8,10-15,19,23H,4-5,9,16-18H2,1-3H3,(H,26,28)(H,27,29)/t19?,23-/m0/s1. The summed E-state index contributed by atoms with van der Waals surface area (Å²) < 4.78 is 5.87. The summed E-state index contributed by atoms with van der Waals surface area (Å²) in [6.45, 7) is 7.21. The van der Waals surface area contributed by atoms with Crippen molar-refractivity contribution in [3.8, 4) is 5.75 Å². The third kappa shape index (κ3) is 8.27. The molecule has 2 rings (SSSR count). The molecule has 0 heterocycles. The molecule has 0 radical (unpaired) electrons. The van der Waals surface area contributed by atoms with E-state index in [9.17, 15) is 9.59 Å². The van der Waals surface area contributed by atoms with Crippen molar-refractivity contribution < 1.29 is 14.3 Å². The Morgan fingerprint density at radius 1 is 0.967 bits per heavy atom. The van der Waals surface area contributed by atoms with Crippen LogP contribution < -0.4 is 15.4 Å². The number of hydrogen-bond donors (Lipinski definition) is 2. The maximum absolute atomic E-state index is 12.6. The van der Waals surface area contributed by atoms with Crippen LogP contribution >= 0.6 is 0 Å². The molecule has 2 amide bonds. The van der Waals surface area contributed by atoms with Crippen molar-refractivity contribution in [2.75, 3.05) is 13.2 Å². The zero-order valence-corrected chi connectivity index (χ0v) is 18.3. The van der Waals surface area contributed by atoms with Crippen molar-refractivity contribution in [3.05, 3.63) is 65.7 Å². The van der Waals surface area contributed by atoms with Crippen molar-refractivity contribution in [1.82, 2.24) is 10.6 Å². The number of nitrogens with one attached hydrogen (secondary N) is 2. The molecule has 2 N–H and O–H groups in total. The van der Waals surface area contributed by atoms with Crippen LogP contribution in [0.2, 0.25) is 0 Å². The van der Waals surface area contributed by atoms with Crippen molar-refractivity contribution in [1.29, 1.82) is 0 Å². The number of ether oxygens (including phenoxy) is 1. The van der Waals surface area contributed by atoms with E-state index in [-0.39, 0.29) is 17.9 Å². The Morgan fingerprint density at radius 3 is 2.30 bits per heavy atom. The monoisotopic (exact) mass is 410 g/mol. The summed E-state index contributed by atoms with van der Waals surface area (Å²) in [5, 5.41) is 5.94. The van der Waals surface area contributed by atoms with Crippen LogP contribution in [0.15, 0.2) is 54.6 Å². The van der Waals surface area contributed by atoms with Gasteiger partial charge in [-0.05, 0) is 35.6 Å². The fourth-order valence-corrected chi connectivity index (χ4v) is 3.23. The first-order valence-corrected chi connectivity index (χ1v) is 10.8. The minimum Gasteiger partial charge on any atom is -0.493 e. The second kappa shape index (κ2) is 12.7. The van der Waals surface area contributed by atoms with Crippen molar-refractivity contribution >= 4 is 11.8 Å². The summed E-state index contributed by atoms with van der Waals surface area (Å²) in [4.78, 5) is 24.3. The lowest BCUT2D eigenvalue weighted by atomic mass is 10.1. The Labute approximate surface area is 180 Å². The second-order valence-electron chi connectivity index (χ2n) is 7.71. The first-order valence-electron chi connectivity index (χ1n) is 10.8. The highest BCUT2D eigenvalue weighted by Gasteiger charge is 2.16. The molecule has 5 nitrogen and oxygen atoms in total. The molecule has 2 atom stereocenters. The van der Waals surface area contributed by atoms with Gasteiger partial charge in [-0.1, -0.05) is 69.7 Å². The van der Waals surface area contributed by atoms with Gasteiger partial charge in [-0.15, -0.1) is 0 Å². The Kier molecular flexibility index (Phi) is 9.92. The highest BCUT2D eigenvalue weighted by Crippen LogP contribution is 2.19. The van der Waals surface area contributed by atoms with Gasteiger partial charge in [-0.3, -0.25) is 9.59 Å². The molecule has 0 aliphatic rings. The summed E-state index contributed by atoms with van der Waals surface area (Å²) in [6, 6.07) is 17.1. The SMILES string of the molecule is CCCC(C)COc1ccc([C@H](CNC(=O)CC)NC(=O)Cc2ccccc2)cc1. The first kappa shape index (κ1) is 23.5. The van der Waals surface area contributed by atoms with Gasteiger partial charge in [-0.2, -0.15) is 0 Å². The van der Waals surface area contributed by atoms with Crippen molar-refractivity contribution in [2.24, 2.45) is 5.92 Å². The number of carbonyl (C=O) groups is 2. The van der Waals surface area contributed by atoms with Gasteiger partial charge in [0.2, 0.25) is 11.8 Å². The fraction of sp³-hybridized carbons (Fsp3) is 0.440. The molecule has 2 aromatic rings. The quantitative estimate of drug-likeness (QED) is 0.544. The van der Waals surface area contributed by atoms with Crippen LogP contribution in [-0.4, -0.2) is 25.0 Å². The molecule has 0 aliphatic heterocycles. The van der Waals surface area contributed by atoms with Gasteiger partial charge in [0.1, 0.15) is 5.75 Å². The molecular formula is C25H34N2O3. The van der Waals surface area contributed by atoms with E-state index in [2.05, 4.69) is 24.5 Å². The minimum atomic E-state index is -0.301. The first-order chi connectivity index (χ1) is 14.5. The van der Waals surface area contributed by atoms with Crippen LogP contribution in [0.5, 0.6) is 5.75 Å². The third-order valence-corrected chi connectivity index (χ3v) is 4.97. The Hall–Kier alpha value is -2.82. The topological polar surface area (TPSA) is 67.4 Å². The third-order valence-electron chi connectivity index (χ3n) is 4.97. The molecule has 30 heavy (non-hydrogen) atoms. The van der Waals surface area contributed by atoms with E-state index in [0.717, 1.165) is 29.7 Å². The van der Waals surface area contributed by atoms with Gasteiger partial charge >= 0.3 is 0 Å². The van der Waals surface area contributed by atoms with Gasteiger partial charge in [-0.25, -0.2) is 0 Å². The van der Waals surface area contributed by atoms with Crippen molar-refractivity contribution in [2.45, 2.75) is 52.5 Å². The average Bonchev–Trinajstić information content (AvgIpc) is 2.76. The van der Waals surface area contributed by atoms with Gasteiger partial charge in [0, 0.05) is 13.0 Å². The number of amides is 2. The summed E-state index contributed by atoms with van der Waals surface area (Å²) >= 11 is 0. The highest BCUT2D eigenvalue weighted by molar-refractivity contribution is 5.79. The van der Waals surface area contributed by atoms with E-state index < -0.39 is 0 Å². The molecule has 2 aromatic carbocycles. The zero-order valence-electron chi connectivity index (χ0n) is 18.3. The molecular weight excluding hydrogens is 376 g/mol. The molecule has 0 saturated carbocycles. The molecule has 0 spiro atoms. The lowest BCUT2D eigenvalue weighted by Crippen LogP contribution is -2.38. The summed E-state index contributed by atoms with van der Waals surface area (Å²) in [5.41, 5.74) is 1.89. The highest BCUT2D eigenvalue weighted by atomic mass is 16.5. The molecule has 0 fully saturated rings. The van der Waals surface area contributed by atoms with E-state index in [4.69, 9.17) is 4.74 Å². The van der Waals surface area contributed by atoms with Gasteiger partial charge < -0.3 is 15.4 Å². The fourth-order valence-electron chi connectivity index (χ4n) is 3.23. The second-order valence-corrected chi connectivity index (χ2v) is 7.71. The predicted octanol–water partition coefficient (Wildman–Crippen LogP) is 4.43. The number of benzene rings is 2. The zero-order chi connectivity index (χ0) is 21.8. The summed E-state index contributed by atoms with van der Waals surface area (Å²) in [7, 11) is 0. The van der Waals surface area contributed by atoms with Gasteiger partial charge in [0.15, 0.2) is 0 Å². The van der Waals surface area contributed by atoms with E-state index >= 15 is 0 Å². The normalized spacial score (nSPS) is 12.6. The molecule has 0 aliphatic carbocycles. The van der Waals surface area contributed by atoms with Crippen LogP contribution in [0, 0.1) is 5.92 Å². The summed E-state index contributed by atoms with van der Waals surface area (Å²) in [6.07, 6.45) is 3.00. The Morgan fingerprint density at radius 2 is 1.67 bits per heavy atom. The number of carbonyl (C=O) groups excluding carboxylic acids is 2. The van der Waals surface area contributed by atoms with E-state index in [1.807, 2.05) is 61.5 Å². The number of hydrogen-bond acceptors (Lipinski definition) is 3. The Balaban J connectivity index is 2.02. The lowest BCUT2D eigenvalue weighted by molar-refractivity contribution is -0.123. The predicted molar refractivity (Wildman–Crippen MR) is 120 cm³/mol. The maximum Gasteiger partial charge on any atom is 0.224 e. The van der Waals surface area contributed by atoms with Crippen LogP contribution in [0.4, 0.5) is 0 Å². The van der Waals surface area contributed by atoms with Gasteiger partial charge in [0.25, 0.3) is 0 Å². The largest absolute Gasteiger partial charge is 0.493 e. The van der Waals surface area contributed by atoms with Crippen LogP contribution in [0.1, 0.15) is 57.2 Å². The lowest BCUT2D eigenvalue weighted by Gasteiger charge is -2.20. The molecule has 0 saturated heterocycles. The van der Waals surface area contributed by atoms with E-state index in [1.54, 1.807) is 0 Å². The van der Waals surface area contributed by atoms with Crippen molar-refractivity contribution in [3.63, 3.8) is 0 Å². The maximum atomic E-state index is 12.6. The molecule has 162 valence electrons. The summed E-state index contributed by atoms with van der Waals surface area (Å²) in [5.74, 6) is 1.21. The van der Waals surface area contributed by atoms with Crippen LogP contribution in [-0.2, 0) is 16.0 Å². The van der Waals surface area contributed by atoms with Crippen LogP contribution in [0.25, 0.3) is 0 Å². The minimum absolute atomic E-state index is 0.0397. The Bertz CT molecular complexity index is 775. The molecule has 1 unspecified atom stereocenters. The van der Waals surface area contributed by atoms with E-state index in [1.165, 1.54) is 0 Å². The molecule has 0 bridgehead atoms. The van der Waals surface area contributed by atoms with E-state index in [0.29, 0.717) is 31.9 Å². The molecule has 5 heteroatoms.